The molecule has 1 fully saturated rings. The van der Waals surface area contributed by atoms with Crippen LogP contribution in [0.25, 0.3) is 0 Å². The van der Waals surface area contributed by atoms with Crippen LogP contribution in [0.3, 0.4) is 0 Å². The predicted octanol–water partition coefficient (Wildman–Crippen LogP) is 1.55. The van der Waals surface area contributed by atoms with Crippen LogP contribution in [0.4, 0.5) is 0 Å². The van der Waals surface area contributed by atoms with E-state index in [0.29, 0.717) is 5.92 Å². The minimum atomic E-state index is 0.621. The molecule has 3 unspecified atom stereocenters. The van der Waals surface area contributed by atoms with Gasteiger partial charge in [-0.15, -0.1) is 5.10 Å². The Kier molecular flexibility index (Phi) is 3.59. The quantitative estimate of drug-likeness (QED) is 0.844. The monoisotopic (exact) mass is 222 g/mol. The summed E-state index contributed by atoms with van der Waals surface area (Å²) in [5, 5.41) is 11.4. The number of hydrogen-bond acceptors (Lipinski definition) is 3. The summed E-state index contributed by atoms with van der Waals surface area (Å²) in [5.41, 5.74) is 1.30. The lowest BCUT2D eigenvalue weighted by Crippen LogP contribution is -2.31. The minimum absolute atomic E-state index is 0.621. The molecule has 1 heterocycles. The fourth-order valence-corrected chi connectivity index (χ4v) is 2.95. The average Bonchev–Trinajstić information content (AvgIpc) is 2.67. The first-order valence-corrected chi connectivity index (χ1v) is 6.21. The molecule has 1 aliphatic rings. The second-order valence-corrected chi connectivity index (χ2v) is 5.12. The van der Waals surface area contributed by atoms with E-state index >= 15 is 0 Å². The van der Waals surface area contributed by atoms with Crippen LogP contribution in [0.15, 0.2) is 6.20 Å². The van der Waals surface area contributed by atoms with E-state index in [1.54, 1.807) is 0 Å². The van der Waals surface area contributed by atoms with Gasteiger partial charge in [-0.25, -0.2) is 0 Å². The molecule has 3 atom stereocenters. The molecule has 0 amide bonds. The molecule has 0 bridgehead atoms. The fraction of sp³-hybridized carbons (Fsp3) is 0.833. The Labute approximate surface area is 97.4 Å². The van der Waals surface area contributed by atoms with Gasteiger partial charge in [-0.3, -0.25) is 4.68 Å². The van der Waals surface area contributed by atoms with E-state index in [-0.39, 0.29) is 0 Å². The molecule has 1 N–H and O–H groups in total. The van der Waals surface area contributed by atoms with E-state index in [2.05, 4.69) is 22.6 Å². The van der Waals surface area contributed by atoms with Crippen LogP contribution in [-0.4, -0.2) is 28.6 Å². The number of aromatic nitrogens is 3. The lowest BCUT2D eigenvalue weighted by Gasteiger charge is -2.34. The molecular weight excluding hydrogens is 200 g/mol. The largest absolute Gasteiger partial charge is 0.319 e. The Morgan fingerprint density at radius 1 is 1.50 bits per heavy atom. The zero-order valence-corrected chi connectivity index (χ0v) is 10.5. The second kappa shape index (κ2) is 4.95. The van der Waals surface area contributed by atoms with Crippen LogP contribution in [0.5, 0.6) is 0 Å². The maximum Gasteiger partial charge on any atom is 0.0728 e. The highest BCUT2D eigenvalue weighted by molar-refractivity contribution is 5.07. The van der Waals surface area contributed by atoms with Crippen LogP contribution in [0, 0.1) is 11.8 Å². The average molecular weight is 222 g/mol. The third-order valence-electron chi connectivity index (χ3n) is 3.85. The highest BCUT2D eigenvalue weighted by atomic mass is 15.4. The van der Waals surface area contributed by atoms with Crippen molar-refractivity contribution < 1.29 is 0 Å². The summed E-state index contributed by atoms with van der Waals surface area (Å²) in [4.78, 5) is 0. The molecule has 1 aromatic heterocycles. The minimum Gasteiger partial charge on any atom is -0.319 e. The van der Waals surface area contributed by atoms with Gasteiger partial charge in [0.05, 0.1) is 11.9 Å². The van der Waals surface area contributed by atoms with E-state index < -0.39 is 0 Å². The molecule has 0 aromatic carbocycles. The van der Waals surface area contributed by atoms with Gasteiger partial charge >= 0.3 is 0 Å². The SMILES string of the molecule is CNCC1CCC(C)CC1c1cnnn1C. The molecule has 90 valence electrons. The Morgan fingerprint density at radius 2 is 2.31 bits per heavy atom. The van der Waals surface area contributed by atoms with Gasteiger partial charge in [0.15, 0.2) is 0 Å². The Bertz CT molecular complexity index is 334. The van der Waals surface area contributed by atoms with Crippen molar-refractivity contribution in [3.8, 4) is 0 Å². The summed E-state index contributed by atoms with van der Waals surface area (Å²) in [6, 6.07) is 0. The fourth-order valence-electron chi connectivity index (χ4n) is 2.95. The predicted molar refractivity (Wildman–Crippen MR) is 64.2 cm³/mol. The summed E-state index contributed by atoms with van der Waals surface area (Å²) in [6.07, 6.45) is 5.88. The van der Waals surface area contributed by atoms with Crippen LogP contribution in [0.1, 0.15) is 37.8 Å². The third-order valence-corrected chi connectivity index (χ3v) is 3.85. The van der Waals surface area contributed by atoms with E-state index in [1.807, 2.05) is 25.0 Å². The number of rotatable bonds is 3. The Hall–Kier alpha value is -0.900. The van der Waals surface area contributed by atoms with Gasteiger partial charge in [0.2, 0.25) is 0 Å². The van der Waals surface area contributed by atoms with Crippen molar-refractivity contribution in [3.63, 3.8) is 0 Å². The molecule has 0 spiro atoms. The number of nitrogens with zero attached hydrogens (tertiary/aromatic N) is 3. The zero-order valence-electron chi connectivity index (χ0n) is 10.5. The molecule has 1 aromatic rings. The first kappa shape index (κ1) is 11.6. The second-order valence-electron chi connectivity index (χ2n) is 5.12. The van der Waals surface area contributed by atoms with Gasteiger partial charge in [0.25, 0.3) is 0 Å². The van der Waals surface area contributed by atoms with Crippen LogP contribution < -0.4 is 5.32 Å². The maximum atomic E-state index is 4.06. The summed E-state index contributed by atoms with van der Waals surface area (Å²) in [7, 11) is 4.04. The third kappa shape index (κ3) is 2.26. The van der Waals surface area contributed by atoms with E-state index in [4.69, 9.17) is 0 Å². The van der Waals surface area contributed by atoms with E-state index in [1.165, 1.54) is 25.0 Å². The summed E-state index contributed by atoms with van der Waals surface area (Å²) in [5.74, 6) is 2.18. The molecule has 0 aliphatic heterocycles. The molecule has 0 saturated heterocycles. The molecule has 4 nitrogen and oxygen atoms in total. The highest BCUT2D eigenvalue weighted by Crippen LogP contribution is 2.39. The molecule has 0 radical (unpaired) electrons. The molecule has 4 heteroatoms. The van der Waals surface area contributed by atoms with Gasteiger partial charge in [-0.2, -0.15) is 0 Å². The lowest BCUT2D eigenvalue weighted by atomic mass is 9.73. The normalized spacial score (nSPS) is 30.6. The molecule has 1 aliphatic carbocycles. The van der Waals surface area contributed by atoms with E-state index in [0.717, 1.165) is 18.4 Å². The molecule has 2 rings (SSSR count). The van der Waals surface area contributed by atoms with Gasteiger partial charge in [0.1, 0.15) is 0 Å². The van der Waals surface area contributed by atoms with Crippen LogP contribution >= 0.6 is 0 Å². The number of hydrogen-bond donors (Lipinski definition) is 1. The maximum absolute atomic E-state index is 4.06. The topological polar surface area (TPSA) is 42.7 Å². The first-order valence-electron chi connectivity index (χ1n) is 6.21. The van der Waals surface area contributed by atoms with Gasteiger partial charge in [-0.1, -0.05) is 18.6 Å². The zero-order chi connectivity index (χ0) is 11.5. The highest BCUT2D eigenvalue weighted by Gasteiger charge is 2.31. The number of nitrogens with one attached hydrogen (secondary N) is 1. The van der Waals surface area contributed by atoms with Crippen molar-refractivity contribution in [2.75, 3.05) is 13.6 Å². The van der Waals surface area contributed by atoms with Gasteiger partial charge in [0, 0.05) is 13.0 Å². The first-order chi connectivity index (χ1) is 7.72. The smallest absolute Gasteiger partial charge is 0.0728 e. The van der Waals surface area contributed by atoms with Gasteiger partial charge in [-0.05, 0) is 38.3 Å². The number of aryl methyl sites for hydroxylation is 1. The molecule has 16 heavy (non-hydrogen) atoms. The van der Waals surface area contributed by atoms with Crippen molar-refractivity contribution in [3.05, 3.63) is 11.9 Å². The van der Waals surface area contributed by atoms with Crippen molar-refractivity contribution in [2.45, 2.75) is 32.1 Å². The molecule has 1 saturated carbocycles. The van der Waals surface area contributed by atoms with Crippen molar-refractivity contribution in [1.29, 1.82) is 0 Å². The van der Waals surface area contributed by atoms with Crippen LogP contribution in [0.2, 0.25) is 0 Å². The van der Waals surface area contributed by atoms with Crippen LogP contribution in [-0.2, 0) is 7.05 Å². The van der Waals surface area contributed by atoms with E-state index in [9.17, 15) is 0 Å². The summed E-state index contributed by atoms with van der Waals surface area (Å²) >= 11 is 0. The molecular formula is C12H22N4. The van der Waals surface area contributed by atoms with Crippen molar-refractivity contribution in [2.24, 2.45) is 18.9 Å². The standard InChI is InChI=1S/C12H22N4/c1-9-4-5-10(7-13-2)11(6-9)12-8-14-15-16(12)3/h8-11,13H,4-7H2,1-3H3. The van der Waals surface area contributed by atoms with Crippen molar-refractivity contribution in [1.82, 2.24) is 20.3 Å². The van der Waals surface area contributed by atoms with Gasteiger partial charge < -0.3 is 5.32 Å². The van der Waals surface area contributed by atoms with Crippen molar-refractivity contribution >= 4 is 0 Å². The lowest BCUT2D eigenvalue weighted by molar-refractivity contribution is 0.237. The summed E-state index contributed by atoms with van der Waals surface area (Å²) in [6.45, 7) is 3.45. The summed E-state index contributed by atoms with van der Waals surface area (Å²) < 4.78 is 1.94. The Balaban J connectivity index is 2.17. The Morgan fingerprint density at radius 3 is 2.94 bits per heavy atom.